The van der Waals surface area contributed by atoms with Crippen molar-refractivity contribution in [3.8, 4) is 5.75 Å². The fourth-order valence-electron chi connectivity index (χ4n) is 6.51. The maximum Gasteiger partial charge on any atom is 0.271 e. The maximum absolute atomic E-state index is 13.6. The van der Waals surface area contributed by atoms with Gasteiger partial charge in [-0.1, -0.05) is 11.6 Å². The number of fused-ring (bicyclic) bond motifs is 1. The van der Waals surface area contributed by atoms with Crippen LogP contribution < -0.4 is 21.5 Å². The van der Waals surface area contributed by atoms with Crippen molar-refractivity contribution in [2.24, 2.45) is 34.6 Å². The predicted octanol–water partition coefficient (Wildman–Crippen LogP) is 1.55. The number of hydrogen-bond donors (Lipinski definition) is 4. The first-order chi connectivity index (χ1) is 17.1. The van der Waals surface area contributed by atoms with Crippen LogP contribution in [-0.2, 0) is 14.4 Å². The molecule has 2 aromatic rings. The van der Waals surface area contributed by atoms with Crippen LogP contribution in [0.5, 0.6) is 5.75 Å². The van der Waals surface area contributed by atoms with E-state index in [1.54, 1.807) is 18.2 Å². The number of nitrogens with two attached hydrogens (primary N) is 2. The molecular formula is C25H30ClN5O5. The Morgan fingerprint density at radius 2 is 2.06 bits per heavy atom. The van der Waals surface area contributed by atoms with Gasteiger partial charge in [0, 0.05) is 35.8 Å². The molecule has 5 atom stereocenters. The van der Waals surface area contributed by atoms with Gasteiger partial charge in [-0.3, -0.25) is 19.2 Å². The molecular weight excluding hydrogens is 486 g/mol. The molecule has 1 saturated carbocycles. The number of hydrogen-bond acceptors (Lipinski definition) is 5. The lowest BCUT2D eigenvalue weighted by molar-refractivity contribution is -0.132. The molecule has 1 aromatic heterocycles. The van der Waals surface area contributed by atoms with Crippen molar-refractivity contribution < 1.29 is 23.9 Å². The van der Waals surface area contributed by atoms with Gasteiger partial charge in [0.15, 0.2) is 0 Å². The van der Waals surface area contributed by atoms with E-state index in [2.05, 4.69) is 10.3 Å². The van der Waals surface area contributed by atoms with Crippen molar-refractivity contribution in [2.45, 2.75) is 38.1 Å². The maximum atomic E-state index is 13.6. The third kappa shape index (κ3) is 3.87. The smallest absolute Gasteiger partial charge is 0.271 e. The number of primary amides is 2. The molecule has 36 heavy (non-hydrogen) atoms. The number of aromatic nitrogens is 1. The van der Waals surface area contributed by atoms with Crippen LogP contribution in [0.15, 0.2) is 18.2 Å². The lowest BCUT2D eigenvalue weighted by Crippen LogP contribution is -2.50. The standard InChI is InChI=1S/C25H30ClN5O5/c1-36-19-3-2-16-14(20(19)26)9-17(30-16)24(35)31-11-25(10-18(31)22(28)33)6-4-15(25)13(21(27)32)8-12-5-7-29-23(12)34/h2-3,9,12-13,15,18,30H,4-8,10-11H2,1H3,(H2,27,32)(H2,28,33)(H,29,34)/t12-,13+,15?,18?,25?/m1/s1. The molecule has 2 aliphatic heterocycles. The van der Waals surface area contributed by atoms with Crippen LogP contribution in [0.25, 0.3) is 10.9 Å². The summed E-state index contributed by atoms with van der Waals surface area (Å²) in [5, 5.41) is 3.82. The van der Waals surface area contributed by atoms with Crippen molar-refractivity contribution in [1.82, 2.24) is 15.2 Å². The molecule has 5 rings (SSSR count). The van der Waals surface area contributed by atoms with Gasteiger partial charge >= 0.3 is 0 Å². The van der Waals surface area contributed by atoms with Gasteiger partial charge in [0.2, 0.25) is 17.7 Å². The number of rotatable bonds is 7. The van der Waals surface area contributed by atoms with Gasteiger partial charge in [0.1, 0.15) is 17.5 Å². The zero-order valence-corrected chi connectivity index (χ0v) is 20.8. The van der Waals surface area contributed by atoms with Crippen molar-refractivity contribution >= 4 is 46.1 Å². The molecule has 4 amide bonds. The number of nitrogens with one attached hydrogen (secondary N) is 2. The van der Waals surface area contributed by atoms with Gasteiger partial charge in [0.25, 0.3) is 5.91 Å². The minimum absolute atomic E-state index is 0.0537. The highest BCUT2D eigenvalue weighted by atomic mass is 35.5. The van der Waals surface area contributed by atoms with Crippen molar-refractivity contribution in [3.63, 3.8) is 0 Å². The highest BCUT2D eigenvalue weighted by Gasteiger charge is 2.59. The number of nitrogens with zero attached hydrogens (tertiary/aromatic N) is 1. The Hall–Kier alpha value is -3.27. The molecule has 1 spiro atoms. The predicted molar refractivity (Wildman–Crippen MR) is 132 cm³/mol. The van der Waals surface area contributed by atoms with Gasteiger partial charge in [-0.25, -0.2) is 0 Å². The monoisotopic (exact) mass is 515 g/mol. The van der Waals surface area contributed by atoms with Crippen LogP contribution in [-0.4, -0.2) is 59.8 Å². The van der Waals surface area contributed by atoms with Gasteiger partial charge in [-0.05, 0) is 61.6 Å². The van der Waals surface area contributed by atoms with E-state index >= 15 is 0 Å². The summed E-state index contributed by atoms with van der Waals surface area (Å²) in [6, 6.07) is 4.32. The van der Waals surface area contributed by atoms with E-state index in [9.17, 15) is 19.2 Å². The average Bonchev–Trinajstić information content (AvgIpc) is 3.55. The van der Waals surface area contributed by atoms with E-state index in [1.165, 1.54) is 12.0 Å². The van der Waals surface area contributed by atoms with Crippen molar-refractivity contribution in [2.75, 3.05) is 20.2 Å². The third-order valence-corrected chi connectivity index (χ3v) is 8.89. The summed E-state index contributed by atoms with van der Waals surface area (Å²) >= 11 is 6.42. The van der Waals surface area contributed by atoms with Crippen LogP contribution in [0, 0.1) is 23.2 Å². The lowest BCUT2D eigenvalue weighted by Gasteiger charge is -2.50. The first kappa shape index (κ1) is 24.4. The number of carbonyl (C=O) groups excluding carboxylic acids is 4. The molecule has 1 aromatic carbocycles. The highest BCUT2D eigenvalue weighted by Crippen LogP contribution is 2.58. The minimum Gasteiger partial charge on any atom is -0.495 e. The Balaban J connectivity index is 1.42. The molecule has 6 N–H and O–H groups in total. The molecule has 11 heteroatoms. The number of methoxy groups -OCH3 is 1. The van der Waals surface area contributed by atoms with Gasteiger partial charge in [0.05, 0.1) is 12.1 Å². The summed E-state index contributed by atoms with van der Waals surface area (Å²) in [5.74, 6) is -1.84. The average molecular weight is 516 g/mol. The van der Waals surface area contributed by atoms with E-state index in [0.717, 1.165) is 12.8 Å². The number of carbonyl (C=O) groups is 4. The van der Waals surface area contributed by atoms with E-state index in [1.807, 2.05) is 0 Å². The quantitative estimate of drug-likeness (QED) is 0.439. The Morgan fingerprint density at radius 3 is 2.64 bits per heavy atom. The van der Waals surface area contributed by atoms with Crippen LogP contribution in [0.4, 0.5) is 0 Å². The van der Waals surface area contributed by atoms with Crippen molar-refractivity contribution in [3.05, 3.63) is 28.9 Å². The molecule has 1 aliphatic carbocycles. The number of halogens is 1. The minimum atomic E-state index is -0.806. The number of amides is 4. The Kier molecular flexibility index (Phi) is 6.10. The Morgan fingerprint density at radius 1 is 1.28 bits per heavy atom. The third-order valence-electron chi connectivity index (χ3n) is 8.50. The summed E-state index contributed by atoms with van der Waals surface area (Å²) < 4.78 is 5.26. The largest absolute Gasteiger partial charge is 0.495 e. The molecule has 192 valence electrons. The van der Waals surface area contributed by atoms with Crippen molar-refractivity contribution in [1.29, 1.82) is 0 Å². The SMILES string of the molecule is COc1ccc2[nH]c(C(=O)N3CC4(CCC4[C@H](C[C@H]4CCNC4=O)C(N)=O)CC3C(N)=O)cc2c1Cl. The lowest BCUT2D eigenvalue weighted by atomic mass is 9.53. The summed E-state index contributed by atoms with van der Waals surface area (Å²) in [7, 11) is 1.51. The second kappa shape index (κ2) is 8.99. The first-order valence-electron chi connectivity index (χ1n) is 12.2. The summed E-state index contributed by atoms with van der Waals surface area (Å²) in [5.41, 5.74) is 12.1. The molecule has 3 aliphatic rings. The Labute approximate surface area is 213 Å². The second-order valence-electron chi connectivity index (χ2n) is 10.3. The molecule has 0 radical (unpaired) electrons. The van der Waals surface area contributed by atoms with Gasteiger partial charge < -0.3 is 31.4 Å². The van der Waals surface area contributed by atoms with Gasteiger partial charge in [-0.2, -0.15) is 0 Å². The summed E-state index contributed by atoms with van der Waals surface area (Å²) in [6.07, 6.45) is 2.92. The fourth-order valence-corrected chi connectivity index (χ4v) is 6.80. The fraction of sp³-hybridized carbons (Fsp3) is 0.520. The van der Waals surface area contributed by atoms with Crippen LogP contribution >= 0.6 is 11.6 Å². The zero-order valence-electron chi connectivity index (χ0n) is 20.0. The van der Waals surface area contributed by atoms with Crippen LogP contribution in [0.2, 0.25) is 5.02 Å². The number of ether oxygens (including phenoxy) is 1. The van der Waals surface area contributed by atoms with E-state index in [0.29, 0.717) is 47.5 Å². The second-order valence-corrected chi connectivity index (χ2v) is 10.7. The number of H-pyrrole nitrogens is 1. The Bertz CT molecular complexity index is 1260. The van der Waals surface area contributed by atoms with Crippen LogP contribution in [0.3, 0.4) is 0 Å². The molecule has 3 unspecified atom stereocenters. The number of likely N-dealkylation sites (tertiary alicyclic amines) is 1. The van der Waals surface area contributed by atoms with E-state index in [-0.39, 0.29) is 35.9 Å². The molecule has 10 nitrogen and oxygen atoms in total. The highest BCUT2D eigenvalue weighted by molar-refractivity contribution is 6.37. The number of benzene rings is 1. The normalized spacial score (nSPS) is 28.2. The van der Waals surface area contributed by atoms with Crippen LogP contribution in [0.1, 0.15) is 42.6 Å². The first-order valence-corrected chi connectivity index (χ1v) is 12.6. The molecule has 3 fully saturated rings. The molecule has 3 heterocycles. The summed E-state index contributed by atoms with van der Waals surface area (Å²) in [4.78, 5) is 55.3. The van der Waals surface area contributed by atoms with E-state index < -0.39 is 29.2 Å². The van der Waals surface area contributed by atoms with E-state index in [4.69, 9.17) is 27.8 Å². The number of aromatic amines is 1. The molecule has 0 bridgehead atoms. The van der Waals surface area contributed by atoms with Gasteiger partial charge in [-0.15, -0.1) is 0 Å². The molecule has 2 saturated heterocycles. The zero-order chi connectivity index (χ0) is 25.8. The topological polar surface area (TPSA) is 161 Å². The summed E-state index contributed by atoms with van der Waals surface area (Å²) in [6.45, 7) is 0.883.